The summed E-state index contributed by atoms with van der Waals surface area (Å²) < 4.78 is 6.73. The molecule has 2 aromatic rings. The van der Waals surface area contributed by atoms with E-state index in [1.54, 1.807) is 18.0 Å². The number of benzene rings is 1. The lowest BCUT2D eigenvalue weighted by molar-refractivity contribution is -0.121. The third kappa shape index (κ3) is 3.95. The molecule has 0 bridgehead atoms. The van der Waals surface area contributed by atoms with Crippen molar-refractivity contribution >= 4 is 28.4 Å². The zero-order chi connectivity index (χ0) is 14.4. The topological polar surface area (TPSA) is 56.1 Å². The first-order valence-electron chi connectivity index (χ1n) is 6.57. The Hall–Kier alpha value is -1.59. The molecule has 1 N–H and O–H groups in total. The highest BCUT2D eigenvalue weighted by Gasteiger charge is 2.06. The van der Waals surface area contributed by atoms with Crippen LogP contribution >= 0.6 is 11.6 Å². The van der Waals surface area contributed by atoms with Crippen molar-refractivity contribution in [1.29, 1.82) is 0 Å². The average molecular weight is 296 g/mol. The number of methoxy groups -OCH3 is 1. The molecule has 0 unspecified atom stereocenters. The van der Waals surface area contributed by atoms with Crippen LogP contribution in [0.3, 0.4) is 0 Å². The van der Waals surface area contributed by atoms with E-state index in [0.717, 1.165) is 17.3 Å². The number of fused-ring (bicyclic) bond motifs is 1. The summed E-state index contributed by atoms with van der Waals surface area (Å²) in [5, 5.41) is 8.82. The SMILES string of the molecule is COCCCNC(=O)CCn1ncc2ccc(Cl)cc21. The van der Waals surface area contributed by atoms with Crippen LogP contribution in [0.15, 0.2) is 24.4 Å². The Morgan fingerprint density at radius 1 is 1.50 bits per heavy atom. The van der Waals surface area contributed by atoms with E-state index < -0.39 is 0 Å². The Labute approximate surface area is 122 Å². The number of carbonyl (C=O) groups is 1. The lowest BCUT2D eigenvalue weighted by atomic mass is 10.2. The standard InChI is InChI=1S/C14H18ClN3O2/c1-20-8-2-6-16-14(19)5-7-18-13-9-12(15)4-3-11(13)10-17-18/h3-4,9-10H,2,5-8H2,1H3,(H,16,19). The van der Waals surface area contributed by atoms with Crippen molar-refractivity contribution < 1.29 is 9.53 Å². The normalized spacial score (nSPS) is 10.9. The molecular weight excluding hydrogens is 278 g/mol. The molecule has 0 saturated carbocycles. The molecule has 0 aliphatic carbocycles. The number of amides is 1. The number of ether oxygens (including phenoxy) is 1. The van der Waals surface area contributed by atoms with Crippen molar-refractivity contribution in [1.82, 2.24) is 15.1 Å². The zero-order valence-corrected chi connectivity index (χ0v) is 12.2. The van der Waals surface area contributed by atoms with Gasteiger partial charge in [0.15, 0.2) is 0 Å². The van der Waals surface area contributed by atoms with E-state index in [2.05, 4.69) is 10.4 Å². The molecule has 1 aromatic carbocycles. The maximum absolute atomic E-state index is 11.7. The van der Waals surface area contributed by atoms with Gasteiger partial charge in [0, 0.05) is 37.1 Å². The smallest absolute Gasteiger partial charge is 0.221 e. The lowest BCUT2D eigenvalue weighted by Crippen LogP contribution is -2.26. The van der Waals surface area contributed by atoms with Crippen molar-refractivity contribution in [3.05, 3.63) is 29.4 Å². The summed E-state index contributed by atoms with van der Waals surface area (Å²) in [5.41, 5.74) is 0.949. The number of nitrogens with zero attached hydrogens (tertiary/aromatic N) is 2. The minimum Gasteiger partial charge on any atom is -0.385 e. The van der Waals surface area contributed by atoms with Crippen LogP contribution in [-0.2, 0) is 16.1 Å². The van der Waals surface area contributed by atoms with Gasteiger partial charge in [0.05, 0.1) is 18.3 Å². The second-order valence-electron chi connectivity index (χ2n) is 4.52. The highest BCUT2D eigenvalue weighted by atomic mass is 35.5. The predicted molar refractivity (Wildman–Crippen MR) is 78.9 cm³/mol. The maximum atomic E-state index is 11.7. The van der Waals surface area contributed by atoms with Crippen molar-refractivity contribution in [2.45, 2.75) is 19.4 Å². The van der Waals surface area contributed by atoms with E-state index in [4.69, 9.17) is 16.3 Å². The fourth-order valence-electron chi connectivity index (χ4n) is 1.96. The number of hydrogen-bond donors (Lipinski definition) is 1. The zero-order valence-electron chi connectivity index (χ0n) is 11.4. The van der Waals surface area contributed by atoms with Crippen LogP contribution in [0.25, 0.3) is 10.9 Å². The number of nitrogens with one attached hydrogen (secondary N) is 1. The van der Waals surface area contributed by atoms with Crippen molar-refractivity contribution in [3.63, 3.8) is 0 Å². The highest BCUT2D eigenvalue weighted by Crippen LogP contribution is 2.19. The Kier molecular flexibility index (Phi) is 5.38. The summed E-state index contributed by atoms with van der Waals surface area (Å²) in [5.74, 6) is 0.0202. The molecule has 0 saturated heterocycles. The van der Waals surface area contributed by atoms with Gasteiger partial charge in [-0.05, 0) is 24.6 Å². The van der Waals surface area contributed by atoms with Crippen LogP contribution < -0.4 is 5.32 Å². The van der Waals surface area contributed by atoms with Crippen molar-refractivity contribution in [3.8, 4) is 0 Å². The van der Waals surface area contributed by atoms with Crippen LogP contribution in [0.4, 0.5) is 0 Å². The molecule has 0 spiro atoms. The maximum Gasteiger partial charge on any atom is 0.221 e. The van der Waals surface area contributed by atoms with Gasteiger partial charge in [-0.3, -0.25) is 9.48 Å². The Bertz CT molecular complexity index is 583. The second kappa shape index (κ2) is 7.26. The van der Waals surface area contributed by atoms with Gasteiger partial charge in [0.25, 0.3) is 0 Å². The highest BCUT2D eigenvalue weighted by molar-refractivity contribution is 6.31. The van der Waals surface area contributed by atoms with Crippen LogP contribution in [0, 0.1) is 0 Å². The van der Waals surface area contributed by atoms with Crippen LogP contribution in [0.2, 0.25) is 5.02 Å². The van der Waals surface area contributed by atoms with E-state index in [9.17, 15) is 4.79 Å². The molecule has 0 aliphatic rings. The molecule has 0 fully saturated rings. The van der Waals surface area contributed by atoms with Crippen LogP contribution in [0.5, 0.6) is 0 Å². The largest absolute Gasteiger partial charge is 0.385 e. The third-order valence-electron chi connectivity index (χ3n) is 3.00. The molecule has 1 amide bonds. The van der Waals surface area contributed by atoms with E-state index in [0.29, 0.717) is 31.1 Å². The van der Waals surface area contributed by atoms with Crippen molar-refractivity contribution in [2.24, 2.45) is 0 Å². The molecule has 2 rings (SSSR count). The van der Waals surface area contributed by atoms with Gasteiger partial charge in [-0.15, -0.1) is 0 Å². The minimum absolute atomic E-state index is 0.0202. The quantitative estimate of drug-likeness (QED) is 0.797. The van der Waals surface area contributed by atoms with E-state index >= 15 is 0 Å². The van der Waals surface area contributed by atoms with Crippen LogP contribution in [-0.4, -0.2) is 35.9 Å². The van der Waals surface area contributed by atoms with E-state index in [1.807, 2.05) is 18.2 Å². The number of rotatable bonds is 7. The molecule has 108 valence electrons. The van der Waals surface area contributed by atoms with Gasteiger partial charge >= 0.3 is 0 Å². The molecular formula is C14H18ClN3O2. The molecule has 20 heavy (non-hydrogen) atoms. The second-order valence-corrected chi connectivity index (χ2v) is 4.95. The van der Waals surface area contributed by atoms with Gasteiger partial charge in [0.1, 0.15) is 0 Å². The molecule has 0 atom stereocenters. The van der Waals surface area contributed by atoms with Gasteiger partial charge in [-0.2, -0.15) is 5.10 Å². The summed E-state index contributed by atoms with van der Waals surface area (Å²) in [6.07, 6.45) is 3.00. The number of aryl methyl sites for hydroxylation is 1. The summed E-state index contributed by atoms with van der Waals surface area (Å²) in [6, 6.07) is 5.62. The summed E-state index contributed by atoms with van der Waals surface area (Å²) in [6.45, 7) is 1.83. The molecule has 5 nitrogen and oxygen atoms in total. The Morgan fingerprint density at radius 2 is 2.35 bits per heavy atom. The number of hydrogen-bond acceptors (Lipinski definition) is 3. The summed E-state index contributed by atoms with van der Waals surface area (Å²) >= 11 is 5.98. The first-order chi connectivity index (χ1) is 9.70. The van der Waals surface area contributed by atoms with E-state index in [1.165, 1.54) is 0 Å². The van der Waals surface area contributed by atoms with Crippen LogP contribution in [0.1, 0.15) is 12.8 Å². The summed E-state index contributed by atoms with van der Waals surface area (Å²) in [4.78, 5) is 11.7. The summed E-state index contributed by atoms with van der Waals surface area (Å²) in [7, 11) is 1.65. The van der Waals surface area contributed by atoms with Crippen molar-refractivity contribution in [2.75, 3.05) is 20.3 Å². The lowest BCUT2D eigenvalue weighted by Gasteiger charge is -2.06. The van der Waals surface area contributed by atoms with Gasteiger partial charge in [-0.1, -0.05) is 11.6 Å². The van der Waals surface area contributed by atoms with Gasteiger partial charge in [0.2, 0.25) is 5.91 Å². The fraction of sp³-hybridized carbons (Fsp3) is 0.429. The van der Waals surface area contributed by atoms with E-state index in [-0.39, 0.29) is 5.91 Å². The van der Waals surface area contributed by atoms with Gasteiger partial charge < -0.3 is 10.1 Å². The molecule has 6 heteroatoms. The molecule has 1 heterocycles. The minimum atomic E-state index is 0.0202. The number of carbonyl (C=O) groups excluding carboxylic acids is 1. The van der Waals surface area contributed by atoms with Gasteiger partial charge in [-0.25, -0.2) is 0 Å². The monoisotopic (exact) mass is 295 g/mol. The number of aromatic nitrogens is 2. The first-order valence-corrected chi connectivity index (χ1v) is 6.95. The molecule has 0 radical (unpaired) electrons. The Balaban J connectivity index is 1.86. The fourth-order valence-corrected chi connectivity index (χ4v) is 2.13. The first kappa shape index (κ1) is 14.8. The average Bonchev–Trinajstić information content (AvgIpc) is 2.83. The molecule has 1 aromatic heterocycles. The molecule has 0 aliphatic heterocycles. The Morgan fingerprint density at radius 3 is 3.15 bits per heavy atom. The predicted octanol–water partition coefficient (Wildman–Crippen LogP) is 2.23. The number of halogens is 1. The third-order valence-corrected chi connectivity index (χ3v) is 3.24.